The van der Waals surface area contributed by atoms with Gasteiger partial charge in [0.25, 0.3) is 0 Å². The Hall–Kier alpha value is -1.88. The van der Waals surface area contributed by atoms with Crippen molar-refractivity contribution in [2.24, 2.45) is 0 Å². The van der Waals surface area contributed by atoms with E-state index >= 15 is 0 Å². The smallest absolute Gasteiger partial charge is 0.289 e. The molecule has 21 heavy (non-hydrogen) atoms. The first-order valence-corrected chi connectivity index (χ1v) is 6.81. The number of hydrogen-bond donors (Lipinski definition) is 0. The number of alkyl halides is 3. The van der Waals surface area contributed by atoms with Crippen LogP contribution < -0.4 is 0 Å². The Kier molecular flexibility index (Phi) is 4.63. The topological polar surface area (TPSA) is 17.1 Å². The van der Waals surface area contributed by atoms with Crippen LogP contribution in [0.15, 0.2) is 59.1 Å². The van der Waals surface area contributed by atoms with Crippen molar-refractivity contribution in [1.82, 2.24) is 0 Å². The van der Waals surface area contributed by atoms with Gasteiger partial charge in [-0.2, -0.15) is 13.2 Å². The summed E-state index contributed by atoms with van der Waals surface area (Å²) >= 11 is 3.27. The van der Waals surface area contributed by atoms with Gasteiger partial charge in [0, 0.05) is 10.0 Å². The van der Waals surface area contributed by atoms with Crippen LogP contribution in [0.2, 0.25) is 0 Å². The molecule has 108 valence electrons. The van der Waals surface area contributed by atoms with Crippen molar-refractivity contribution in [2.45, 2.75) is 6.18 Å². The molecule has 2 aromatic rings. The largest absolute Gasteiger partial charge is 0.416 e. The molecule has 0 saturated carbocycles. The van der Waals surface area contributed by atoms with Crippen molar-refractivity contribution in [3.8, 4) is 0 Å². The molecule has 0 bridgehead atoms. The molecule has 0 N–H and O–H groups in total. The average molecular weight is 355 g/mol. The second kappa shape index (κ2) is 6.26. The van der Waals surface area contributed by atoms with Crippen molar-refractivity contribution in [1.29, 1.82) is 0 Å². The van der Waals surface area contributed by atoms with Gasteiger partial charge >= 0.3 is 6.18 Å². The van der Waals surface area contributed by atoms with E-state index in [4.69, 9.17) is 0 Å². The van der Waals surface area contributed by atoms with Crippen LogP contribution in [0.3, 0.4) is 0 Å². The Bertz CT molecular complexity index is 673. The summed E-state index contributed by atoms with van der Waals surface area (Å²) in [7, 11) is 0. The number of halogens is 4. The number of hydrogen-bond acceptors (Lipinski definition) is 1. The molecule has 0 atom stereocenters. The minimum atomic E-state index is -4.35. The Morgan fingerprint density at radius 2 is 1.71 bits per heavy atom. The van der Waals surface area contributed by atoms with E-state index in [0.717, 1.165) is 16.6 Å². The third-order valence-electron chi connectivity index (χ3n) is 2.77. The van der Waals surface area contributed by atoms with Crippen molar-refractivity contribution in [3.63, 3.8) is 0 Å². The predicted octanol–water partition coefficient (Wildman–Crippen LogP) is 5.36. The van der Waals surface area contributed by atoms with E-state index in [1.807, 2.05) is 0 Å². The lowest BCUT2D eigenvalue weighted by molar-refractivity contribution is -0.137. The van der Waals surface area contributed by atoms with Crippen molar-refractivity contribution in [3.05, 3.63) is 75.8 Å². The van der Waals surface area contributed by atoms with Crippen LogP contribution in [-0.4, -0.2) is 5.78 Å². The molecule has 0 heterocycles. The summed E-state index contributed by atoms with van der Waals surface area (Å²) in [5.74, 6) is -0.212. The molecule has 1 nitrogen and oxygen atoms in total. The lowest BCUT2D eigenvalue weighted by Crippen LogP contribution is -2.04. The molecule has 0 amide bonds. The van der Waals surface area contributed by atoms with E-state index in [1.54, 1.807) is 24.3 Å². The van der Waals surface area contributed by atoms with E-state index in [1.165, 1.54) is 24.3 Å². The van der Waals surface area contributed by atoms with Gasteiger partial charge in [0.15, 0.2) is 5.78 Å². The maximum absolute atomic E-state index is 12.4. The highest BCUT2D eigenvalue weighted by atomic mass is 79.9. The van der Waals surface area contributed by atoms with Crippen LogP contribution >= 0.6 is 15.9 Å². The normalized spacial score (nSPS) is 11.8. The molecule has 0 aliphatic carbocycles. The highest BCUT2D eigenvalue weighted by Crippen LogP contribution is 2.29. The number of rotatable bonds is 3. The fourth-order valence-corrected chi connectivity index (χ4v) is 2.09. The Balaban J connectivity index is 2.12. The molecular weight excluding hydrogens is 345 g/mol. The van der Waals surface area contributed by atoms with E-state index in [9.17, 15) is 18.0 Å². The Morgan fingerprint density at radius 3 is 2.29 bits per heavy atom. The predicted molar refractivity (Wildman–Crippen MR) is 79.0 cm³/mol. The zero-order valence-electron chi connectivity index (χ0n) is 10.7. The maximum Gasteiger partial charge on any atom is 0.416 e. The second-order valence-electron chi connectivity index (χ2n) is 4.33. The maximum atomic E-state index is 12.4. The number of allylic oxidation sites excluding steroid dienone is 1. The van der Waals surface area contributed by atoms with Gasteiger partial charge in [0.1, 0.15) is 0 Å². The van der Waals surface area contributed by atoms with E-state index in [2.05, 4.69) is 15.9 Å². The summed E-state index contributed by atoms with van der Waals surface area (Å²) in [6.45, 7) is 0. The first kappa shape index (κ1) is 15.5. The highest BCUT2D eigenvalue weighted by Gasteiger charge is 2.29. The van der Waals surface area contributed by atoms with Crippen LogP contribution in [-0.2, 0) is 6.18 Å². The molecule has 0 saturated heterocycles. The molecule has 0 aromatic heterocycles. The monoisotopic (exact) mass is 354 g/mol. The zero-order chi connectivity index (χ0) is 15.5. The number of carbonyl (C=O) groups is 1. The van der Waals surface area contributed by atoms with Gasteiger partial charge in [-0.15, -0.1) is 0 Å². The molecule has 0 unspecified atom stereocenters. The van der Waals surface area contributed by atoms with Crippen LogP contribution in [0.25, 0.3) is 6.08 Å². The van der Waals surface area contributed by atoms with Crippen molar-refractivity contribution < 1.29 is 18.0 Å². The number of ketones is 1. The lowest BCUT2D eigenvalue weighted by atomic mass is 10.1. The van der Waals surface area contributed by atoms with Crippen LogP contribution in [0, 0.1) is 0 Å². The fraction of sp³-hybridized carbons (Fsp3) is 0.0625. The quantitative estimate of drug-likeness (QED) is 0.535. The van der Waals surface area contributed by atoms with Gasteiger partial charge in [-0.05, 0) is 35.9 Å². The first-order valence-electron chi connectivity index (χ1n) is 6.01. The summed E-state index contributed by atoms with van der Waals surface area (Å²) in [6.07, 6.45) is -1.53. The molecule has 2 aromatic carbocycles. The molecule has 0 aliphatic rings. The third kappa shape index (κ3) is 4.29. The average Bonchev–Trinajstić information content (AvgIpc) is 2.44. The van der Waals surface area contributed by atoms with Crippen molar-refractivity contribution in [2.75, 3.05) is 0 Å². The zero-order valence-corrected chi connectivity index (χ0v) is 12.3. The van der Waals surface area contributed by atoms with Crippen LogP contribution in [0.5, 0.6) is 0 Å². The minimum Gasteiger partial charge on any atom is -0.289 e. The molecule has 0 aliphatic heterocycles. The van der Waals surface area contributed by atoms with Gasteiger partial charge in [-0.25, -0.2) is 0 Å². The first-order chi connectivity index (χ1) is 9.86. The van der Waals surface area contributed by atoms with E-state index in [0.29, 0.717) is 11.1 Å². The Labute approximate surface area is 128 Å². The molecule has 0 fully saturated rings. The van der Waals surface area contributed by atoms with Gasteiger partial charge in [-0.3, -0.25) is 4.79 Å². The summed E-state index contributed by atoms with van der Waals surface area (Å²) < 4.78 is 38.0. The molecule has 0 radical (unpaired) electrons. The van der Waals surface area contributed by atoms with Crippen molar-refractivity contribution >= 4 is 27.8 Å². The van der Waals surface area contributed by atoms with Gasteiger partial charge in [0.05, 0.1) is 5.56 Å². The van der Waals surface area contributed by atoms with Crippen LogP contribution in [0.1, 0.15) is 21.5 Å². The summed E-state index contributed by atoms with van der Waals surface area (Å²) in [5, 5.41) is 0. The summed E-state index contributed by atoms with van der Waals surface area (Å²) in [4.78, 5) is 11.9. The molecule has 5 heteroatoms. The Morgan fingerprint density at radius 1 is 1.05 bits per heavy atom. The molecular formula is C16H10BrF3O. The minimum absolute atomic E-state index is 0.212. The van der Waals surface area contributed by atoms with Crippen LogP contribution in [0.4, 0.5) is 13.2 Å². The third-order valence-corrected chi connectivity index (χ3v) is 3.27. The molecule has 0 spiro atoms. The van der Waals surface area contributed by atoms with Gasteiger partial charge < -0.3 is 0 Å². The summed E-state index contributed by atoms with van der Waals surface area (Å²) in [5.41, 5.74) is 0.330. The summed E-state index contributed by atoms with van der Waals surface area (Å²) in [6, 6.07) is 11.5. The second-order valence-corrected chi connectivity index (χ2v) is 5.24. The standard InChI is InChI=1S/C16H10BrF3O/c17-14-3-1-2-12(10-14)15(21)9-6-11-4-7-13(8-5-11)16(18,19)20/h1-10H/b9-6+. The number of carbonyl (C=O) groups excluding carboxylic acids is 1. The van der Waals surface area contributed by atoms with E-state index < -0.39 is 11.7 Å². The van der Waals surface area contributed by atoms with Gasteiger partial charge in [-0.1, -0.05) is 46.3 Å². The SMILES string of the molecule is O=C(/C=C/c1ccc(C(F)(F)F)cc1)c1cccc(Br)c1. The van der Waals surface area contributed by atoms with E-state index in [-0.39, 0.29) is 5.78 Å². The highest BCUT2D eigenvalue weighted by molar-refractivity contribution is 9.10. The fourth-order valence-electron chi connectivity index (χ4n) is 1.69. The molecule has 2 rings (SSSR count). The lowest BCUT2D eigenvalue weighted by Gasteiger charge is -2.05. The number of benzene rings is 2. The van der Waals surface area contributed by atoms with Gasteiger partial charge in [0.2, 0.25) is 0 Å².